The Balaban J connectivity index is 1.68. The quantitative estimate of drug-likeness (QED) is 0.767. The maximum Gasteiger partial charge on any atom is 0.185 e. The zero-order valence-corrected chi connectivity index (χ0v) is 12.4. The molecule has 0 spiro atoms. The summed E-state index contributed by atoms with van der Waals surface area (Å²) in [6.07, 6.45) is 10.3. The van der Waals surface area contributed by atoms with Gasteiger partial charge >= 0.3 is 0 Å². The van der Waals surface area contributed by atoms with E-state index in [1.54, 1.807) is 11.3 Å². The van der Waals surface area contributed by atoms with E-state index in [2.05, 4.69) is 11.9 Å². The number of nitrogens with zero attached hydrogens (tertiary/aromatic N) is 2. The van der Waals surface area contributed by atoms with Crippen molar-refractivity contribution in [3.05, 3.63) is 10.6 Å². The third-order valence-corrected chi connectivity index (χ3v) is 5.44. The van der Waals surface area contributed by atoms with Crippen molar-refractivity contribution >= 4 is 22.8 Å². The minimum atomic E-state index is 0.563. The highest BCUT2D eigenvalue weighted by Gasteiger charge is 2.30. The van der Waals surface area contributed by atoms with Crippen LogP contribution in [0.15, 0.2) is 0 Å². The van der Waals surface area contributed by atoms with Crippen LogP contribution in [-0.2, 0) is 0 Å². The Hall–Kier alpha value is -0.900. The molecule has 0 radical (unpaired) electrons. The second-order valence-corrected chi connectivity index (χ2v) is 7.03. The SMILES string of the molecule is CN(CC1CCCCC1)c1nc(C2CC2)c(C=O)s1. The summed E-state index contributed by atoms with van der Waals surface area (Å²) < 4.78 is 0. The zero-order valence-electron chi connectivity index (χ0n) is 11.6. The van der Waals surface area contributed by atoms with Crippen molar-refractivity contribution in [2.24, 2.45) is 5.92 Å². The molecule has 1 aromatic rings. The van der Waals surface area contributed by atoms with Crippen LogP contribution in [0.2, 0.25) is 0 Å². The van der Waals surface area contributed by atoms with Crippen molar-refractivity contribution in [3.8, 4) is 0 Å². The molecule has 0 aliphatic heterocycles. The molecule has 1 heterocycles. The smallest absolute Gasteiger partial charge is 0.185 e. The molecule has 2 fully saturated rings. The highest BCUT2D eigenvalue weighted by Crippen LogP contribution is 2.43. The van der Waals surface area contributed by atoms with Crippen LogP contribution in [0.5, 0.6) is 0 Å². The third kappa shape index (κ3) is 2.99. The van der Waals surface area contributed by atoms with Gasteiger partial charge in [0, 0.05) is 19.5 Å². The molecule has 0 atom stereocenters. The van der Waals surface area contributed by atoms with Gasteiger partial charge in [0.15, 0.2) is 11.4 Å². The highest BCUT2D eigenvalue weighted by atomic mass is 32.1. The van der Waals surface area contributed by atoms with E-state index in [1.165, 1.54) is 44.9 Å². The molecule has 104 valence electrons. The van der Waals surface area contributed by atoms with Crippen molar-refractivity contribution < 1.29 is 4.79 Å². The molecule has 2 saturated carbocycles. The molecule has 0 N–H and O–H groups in total. The van der Waals surface area contributed by atoms with Gasteiger partial charge in [0.05, 0.1) is 10.6 Å². The van der Waals surface area contributed by atoms with E-state index in [9.17, 15) is 4.79 Å². The number of aldehydes is 1. The molecule has 1 aromatic heterocycles. The van der Waals surface area contributed by atoms with Crippen LogP contribution < -0.4 is 4.90 Å². The maximum atomic E-state index is 11.1. The summed E-state index contributed by atoms with van der Waals surface area (Å²) in [5, 5.41) is 1.04. The van der Waals surface area contributed by atoms with Gasteiger partial charge in [-0.15, -0.1) is 0 Å². The van der Waals surface area contributed by atoms with Crippen molar-refractivity contribution in [2.45, 2.75) is 50.9 Å². The van der Waals surface area contributed by atoms with Gasteiger partial charge in [-0.3, -0.25) is 4.79 Å². The lowest BCUT2D eigenvalue weighted by atomic mass is 9.89. The van der Waals surface area contributed by atoms with E-state index in [-0.39, 0.29) is 0 Å². The number of anilines is 1. The lowest BCUT2D eigenvalue weighted by Gasteiger charge is -2.26. The second-order valence-electron chi connectivity index (χ2n) is 6.02. The Labute approximate surface area is 119 Å². The van der Waals surface area contributed by atoms with Crippen LogP contribution in [0.4, 0.5) is 5.13 Å². The summed E-state index contributed by atoms with van der Waals surface area (Å²) in [7, 11) is 2.12. The number of aromatic nitrogens is 1. The number of hydrogen-bond acceptors (Lipinski definition) is 4. The molecular formula is C15H22N2OS. The fourth-order valence-corrected chi connectivity index (χ4v) is 4.00. The normalized spacial score (nSPS) is 20.5. The summed E-state index contributed by atoms with van der Waals surface area (Å²) in [4.78, 5) is 19.0. The summed E-state index contributed by atoms with van der Waals surface area (Å²) in [5.41, 5.74) is 1.06. The minimum absolute atomic E-state index is 0.563. The van der Waals surface area contributed by atoms with Gasteiger partial charge in [-0.05, 0) is 31.6 Å². The van der Waals surface area contributed by atoms with Gasteiger partial charge < -0.3 is 4.90 Å². The Kier molecular flexibility index (Phi) is 3.87. The van der Waals surface area contributed by atoms with Crippen LogP contribution in [0.1, 0.15) is 66.2 Å². The van der Waals surface area contributed by atoms with Crippen molar-refractivity contribution in [1.82, 2.24) is 4.98 Å². The Morgan fingerprint density at radius 3 is 2.63 bits per heavy atom. The Bertz CT molecular complexity index is 447. The first-order valence-electron chi connectivity index (χ1n) is 7.45. The molecular weight excluding hydrogens is 256 g/mol. The molecule has 2 aliphatic carbocycles. The van der Waals surface area contributed by atoms with Gasteiger partial charge in [-0.25, -0.2) is 4.98 Å². The van der Waals surface area contributed by atoms with Crippen LogP contribution >= 0.6 is 11.3 Å². The van der Waals surface area contributed by atoms with Gasteiger partial charge in [0.1, 0.15) is 0 Å². The van der Waals surface area contributed by atoms with Gasteiger partial charge in [0.25, 0.3) is 0 Å². The highest BCUT2D eigenvalue weighted by molar-refractivity contribution is 7.17. The molecule has 0 bridgehead atoms. The number of hydrogen-bond donors (Lipinski definition) is 0. The topological polar surface area (TPSA) is 33.2 Å². The molecule has 4 heteroatoms. The summed E-state index contributed by atoms with van der Waals surface area (Å²) in [5.74, 6) is 1.37. The molecule has 0 saturated heterocycles. The monoisotopic (exact) mass is 278 g/mol. The predicted octanol–water partition coefficient (Wildman–Crippen LogP) is 3.85. The molecule has 3 rings (SSSR count). The predicted molar refractivity (Wildman–Crippen MR) is 79.3 cm³/mol. The minimum Gasteiger partial charge on any atom is -0.351 e. The largest absolute Gasteiger partial charge is 0.351 e. The van der Waals surface area contributed by atoms with Crippen LogP contribution in [0, 0.1) is 5.92 Å². The van der Waals surface area contributed by atoms with Crippen molar-refractivity contribution in [3.63, 3.8) is 0 Å². The third-order valence-electron chi connectivity index (χ3n) is 4.32. The lowest BCUT2D eigenvalue weighted by molar-refractivity contribution is 0.112. The van der Waals surface area contributed by atoms with Crippen LogP contribution in [-0.4, -0.2) is 24.9 Å². The average molecular weight is 278 g/mol. The van der Waals surface area contributed by atoms with E-state index >= 15 is 0 Å². The average Bonchev–Trinajstić information content (AvgIpc) is 3.19. The fraction of sp³-hybridized carbons (Fsp3) is 0.733. The number of carbonyl (C=O) groups excluding carboxylic acids is 1. The summed E-state index contributed by atoms with van der Waals surface area (Å²) >= 11 is 1.57. The molecule has 3 nitrogen and oxygen atoms in total. The lowest BCUT2D eigenvalue weighted by Crippen LogP contribution is -2.26. The van der Waals surface area contributed by atoms with E-state index in [4.69, 9.17) is 4.98 Å². The first-order chi connectivity index (χ1) is 9.28. The van der Waals surface area contributed by atoms with Gasteiger partial charge in [-0.1, -0.05) is 30.6 Å². The molecule has 19 heavy (non-hydrogen) atoms. The molecule has 0 unspecified atom stereocenters. The standard InChI is InChI=1S/C15H22N2OS/c1-17(9-11-5-3-2-4-6-11)15-16-14(12-7-8-12)13(10-18)19-15/h10-12H,2-9H2,1H3. The van der Waals surface area contributed by atoms with E-state index < -0.39 is 0 Å². The first kappa shape index (κ1) is 13.1. The second kappa shape index (κ2) is 5.61. The first-order valence-corrected chi connectivity index (χ1v) is 8.26. The van der Waals surface area contributed by atoms with Gasteiger partial charge in [0.2, 0.25) is 0 Å². The number of rotatable bonds is 5. The molecule has 0 aromatic carbocycles. The molecule has 2 aliphatic rings. The molecule has 0 amide bonds. The van der Waals surface area contributed by atoms with E-state index in [1.807, 2.05) is 0 Å². The maximum absolute atomic E-state index is 11.1. The Morgan fingerprint density at radius 1 is 1.26 bits per heavy atom. The van der Waals surface area contributed by atoms with Crippen molar-refractivity contribution in [2.75, 3.05) is 18.5 Å². The van der Waals surface area contributed by atoms with Crippen LogP contribution in [0.25, 0.3) is 0 Å². The van der Waals surface area contributed by atoms with E-state index in [0.717, 1.165) is 34.5 Å². The number of carbonyl (C=O) groups is 1. The Morgan fingerprint density at radius 2 is 2.00 bits per heavy atom. The summed E-state index contributed by atoms with van der Waals surface area (Å²) in [6, 6.07) is 0. The summed E-state index contributed by atoms with van der Waals surface area (Å²) in [6.45, 7) is 1.09. The fourth-order valence-electron chi connectivity index (χ4n) is 3.06. The zero-order chi connectivity index (χ0) is 13.2. The van der Waals surface area contributed by atoms with Crippen LogP contribution in [0.3, 0.4) is 0 Å². The number of thiazole rings is 1. The van der Waals surface area contributed by atoms with E-state index in [0.29, 0.717) is 5.92 Å². The van der Waals surface area contributed by atoms with Gasteiger partial charge in [-0.2, -0.15) is 0 Å². The van der Waals surface area contributed by atoms with Crippen molar-refractivity contribution in [1.29, 1.82) is 0 Å².